The summed E-state index contributed by atoms with van der Waals surface area (Å²) >= 11 is 13.6. The number of benzene rings is 1. The van der Waals surface area contributed by atoms with E-state index < -0.39 is 0 Å². The van der Waals surface area contributed by atoms with Crippen LogP contribution in [-0.2, 0) is 14.3 Å². The van der Waals surface area contributed by atoms with Gasteiger partial charge in [-0.25, -0.2) is 9.97 Å². The Hall–Kier alpha value is -3.11. The van der Waals surface area contributed by atoms with Gasteiger partial charge in [0.25, 0.3) is 0 Å². The summed E-state index contributed by atoms with van der Waals surface area (Å²) in [6.07, 6.45) is 5.59. The molecule has 0 aliphatic carbocycles. The van der Waals surface area contributed by atoms with E-state index in [0.29, 0.717) is 64.8 Å². The number of pyridine rings is 2. The first kappa shape index (κ1) is 29.4. The van der Waals surface area contributed by atoms with Crippen LogP contribution < -0.4 is 19.7 Å². The van der Waals surface area contributed by atoms with E-state index >= 15 is 0 Å². The number of halogens is 2. The molecular formula is C30H34Cl2N4O5. The lowest BCUT2D eigenvalue weighted by atomic mass is 9.97. The number of aromatic nitrogens is 2. The molecular weight excluding hydrogens is 567 g/mol. The van der Waals surface area contributed by atoms with Gasteiger partial charge in [-0.2, -0.15) is 0 Å². The number of anilines is 2. The van der Waals surface area contributed by atoms with Crippen LogP contribution in [0.15, 0.2) is 37.1 Å². The first-order valence-electron chi connectivity index (χ1n) is 13.5. The molecule has 218 valence electrons. The number of ether oxygens (including phenoxy) is 4. The van der Waals surface area contributed by atoms with Crippen molar-refractivity contribution in [1.29, 1.82) is 0 Å². The lowest BCUT2D eigenvalue weighted by Crippen LogP contribution is -2.39. The Balaban J connectivity index is 1.60. The number of nitrogens with one attached hydrogen (secondary N) is 1. The third-order valence-corrected chi connectivity index (χ3v) is 8.51. The van der Waals surface area contributed by atoms with Crippen molar-refractivity contribution < 1.29 is 23.7 Å². The van der Waals surface area contributed by atoms with Gasteiger partial charge >= 0.3 is 0 Å². The smallest absolute Gasteiger partial charge is 0.155 e. The maximum absolute atomic E-state index is 12.0. The number of piperidine rings is 1. The maximum atomic E-state index is 12.0. The van der Waals surface area contributed by atoms with Crippen LogP contribution >= 0.6 is 23.2 Å². The molecule has 3 atom stereocenters. The van der Waals surface area contributed by atoms with Gasteiger partial charge in [-0.3, -0.25) is 4.79 Å². The topological polar surface area (TPSA) is 95.0 Å². The van der Waals surface area contributed by atoms with E-state index in [1.165, 1.54) is 6.08 Å². The molecule has 3 aromatic rings. The van der Waals surface area contributed by atoms with Crippen LogP contribution in [0.2, 0.25) is 10.0 Å². The van der Waals surface area contributed by atoms with E-state index in [0.717, 1.165) is 36.0 Å². The molecule has 11 heteroatoms. The molecule has 1 N–H and O–H groups in total. The van der Waals surface area contributed by atoms with Gasteiger partial charge in [-0.15, -0.1) is 0 Å². The predicted molar refractivity (Wildman–Crippen MR) is 162 cm³/mol. The van der Waals surface area contributed by atoms with Gasteiger partial charge in [0.05, 0.1) is 55.3 Å². The molecule has 0 saturated carbocycles. The number of carbonyl (C=O) groups is 1. The molecule has 2 aromatic heterocycles. The number of ketones is 1. The minimum Gasteiger partial charge on any atom is -0.495 e. The van der Waals surface area contributed by atoms with Gasteiger partial charge < -0.3 is 29.2 Å². The fraction of sp³-hybridized carbons (Fsp3) is 0.433. The summed E-state index contributed by atoms with van der Waals surface area (Å²) in [4.78, 5) is 24.1. The molecule has 2 saturated heterocycles. The lowest BCUT2D eigenvalue weighted by Gasteiger charge is -2.34. The second-order valence-corrected chi connectivity index (χ2v) is 11.0. The number of nitrogens with zero attached hydrogens (tertiary/aromatic N) is 3. The fourth-order valence-electron chi connectivity index (χ4n) is 5.50. The van der Waals surface area contributed by atoms with E-state index in [-0.39, 0.29) is 23.8 Å². The van der Waals surface area contributed by atoms with Crippen LogP contribution in [0.4, 0.5) is 11.6 Å². The van der Waals surface area contributed by atoms with Crippen molar-refractivity contribution in [3.05, 3.63) is 47.1 Å². The Morgan fingerprint density at radius 2 is 1.93 bits per heavy atom. The summed E-state index contributed by atoms with van der Waals surface area (Å²) in [5, 5.41) is 5.96. The summed E-state index contributed by atoms with van der Waals surface area (Å²) in [7, 11) is 4.82. The average molecular weight is 602 g/mol. The minimum absolute atomic E-state index is 0.00192. The number of hydrogen-bond donors (Lipinski definition) is 1. The molecule has 2 fully saturated rings. The summed E-state index contributed by atoms with van der Waals surface area (Å²) < 4.78 is 22.4. The van der Waals surface area contributed by atoms with Crippen molar-refractivity contribution in [3.63, 3.8) is 0 Å². The number of carbonyl (C=O) groups excluding carboxylic acids is 1. The predicted octanol–water partition coefficient (Wildman–Crippen LogP) is 5.81. The Morgan fingerprint density at radius 3 is 2.61 bits per heavy atom. The van der Waals surface area contributed by atoms with Crippen LogP contribution in [0.3, 0.4) is 0 Å². The maximum Gasteiger partial charge on any atom is 0.155 e. The summed E-state index contributed by atoms with van der Waals surface area (Å²) in [6, 6.07) is 5.53. The zero-order valence-corrected chi connectivity index (χ0v) is 24.9. The second kappa shape index (κ2) is 12.8. The Labute approximate surface area is 249 Å². The molecule has 5 rings (SSSR count). The van der Waals surface area contributed by atoms with Gasteiger partial charge in [-0.05, 0) is 31.1 Å². The van der Waals surface area contributed by atoms with E-state index in [9.17, 15) is 4.79 Å². The normalized spacial score (nSPS) is 20.7. The highest BCUT2D eigenvalue weighted by atomic mass is 35.5. The van der Waals surface area contributed by atoms with Crippen molar-refractivity contribution in [3.8, 4) is 22.8 Å². The second-order valence-electron chi connectivity index (χ2n) is 10.3. The lowest BCUT2D eigenvalue weighted by molar-refractivity contribution is -0.115. The number of fused-ring (bicyclic) bond motifs is 1. The third kappa shape index (κ3) is 6.09. The molecule has 0 radical (unpaired) electrons. The number of rotatable bonds is 10. The van der Waals surface area contributed by atoms with E-state index in [1.54, 1.807) is 27.4 Å². The van der Waals surface area contributed by atoms with Crippen molar-refractivity contribution in [1.82, 2.24) is 9.97 Å². The summed E-state index contributed by atoms with van der Waals surface area (Å²) in [5.41, 5.74) is 1.10. The van der Waals surface area contributed by atoms with Gasteiger partial charge in [-0.1, -0.05) is 29.8 Å². The molecule has 0 amide bonds. The minimum atomic E-state index is -0.0470. The first-order valence-corrected chi connectivity index (χ1v) is 14.3. The van der Waals surface area contributed by atoms with E-state index in [1.807, 2.05) is 18.3 Å². The van der Waals surface area contributed by atoms with Gasteiger partial charge in [0.1, 0.15) is 23.1 Å². The molecule has 4 heterocycles. The Bertz CT molecular complexity index is 1420. The molecule has 9 nitrogen and oxygen atoms in total. The monoisotopic (exact) mass is 600 g/mol. The quantitative estimate of drug-likeness (QED) is 0.289. The van der Waals surface area contributed by atoms with Gasteiger partial charge in [0, 0.05) is 61.1 Å². The number of methoxy groups -OCH3 is 3. The van der Waals surface area contributed by atoms with Gasteiger partial charge in [0.2, 0.25) is 0 Å². The standard InChI is InChI=1S/C30H34Cl2N4O5/c1-5-19(37)9-18-15-41-16-23(18)34-26-11-21-17(13-33-26)10-22(35-30(21)36-8-6-7-20(14-36)38-2)27-28(31)24(39-3)12-25(40-4)29(27)32/h5,10-13,18,20,23H,1,6-9,14-16H2,2-4H3,(H,33,34)/t18-,20?,23+/m0/s1. The van der Waals surface area contributed by atoms with Crippen molar-refractivity contribution in [2.75, 3.05) is 57.8 Å². The van der Waals surface area contributed by atoms with Crippen LogP contribution in [0.1, 0.15) is 19.3 Å². The van der Waals surface area contributed by atoms with Crippen molar-refractivity contribution in [2.24, 2.45) is 5.92 Å². The fourth-order valence-corrected chi connectivity index (χ4v) is 6.20. The van der Waals surface area contributed by atoms with Crippen LogP contribution in [0.25, 0.3) is 22.0 Å². The van der Waals surface area contributed by atoms with E-state index in [2.05, 4.69) is 16.8 Å². The Kier molecular flexibility index (Phi) is 9.19. The highest BCUT2D eigenvalue weighted by Gasteiger charge is 2.30. The van der Waals surface area contributed by atoms with Crippen LogP contribution in [0.5, 0.6) is 11.5 Å². The van der Waals surface area contributed by atoms with Crippen molar-refractivity contribution in [2.45, 2.75) is 31.4 Å². The number of hydrogen-bond acceptors (Lipinski definition) is 9. The highest BCUT2D eigenvalue weighted by molar-refractivity contribution is 6.41. The molecule has 0 spiro atoms. The molecule has 2 aliphatic rings. The molecule has 0 bridgehead atoms. The molecule has 1 aromatic carbocycles. The summed E-state index contributed by atoms with van der Waals surface area (Å²) in [6.45, 7) is 6.12. The van der Waals surface area contributed by atoms with Gasteiger partial charge in [0.15, 0.2) is 5.78 Å². The Morgan fingerprint density at radius 1 is 1.17 bits per heavy atom. The summed E-state index contributed by atoms with van der Waals surface area (Å²) in [5.74, 6) is 2.37. The zero-order chi connectivity index (χ0) is 29.1. The SMILES string of the molecule is C=CC(=O)C[C@H]1COC[C@H]1Nc1cc2c(N3CCCC(OC)C3)nc(-c3c(Cl)c(OC)cc(OC)c3Cl)cc2cn1. The molecule has 2 aliphatic heterocycles. The molecule has 41 heavy (non-hydrogen) atoms. The van der Waals surface area contributed by atoms with Crippen LogP contribution in [0, 0.1) is 5.92 Å². The van der Waals surface area contributed by atoms with Crippen LogP contribution in [-0.4, -0.2) is 75.5 Å². The van der Waals surface area contributed by atoms with Crippen molar-refractivity contribution >= 4 is 51.4 Å². The largest absolute Gasteiger partial charge is 0.495 e. The third-order valence-electron chi connectivity index (χ3n) is 7.76. The molecule has 1 unspecified atom stereocenters. The number of allylic oxidation sites excluding steroid dienone is 1. The van der Waals surface area contributed by atoms with E-state index in [4.69, 9.17) is 52.1 Å². The first-order chi connectivity index (χ1) is 19.9. The zero-order valence-electron chi connectivity index (χ0n) is 23.4. The highest BCUT2D eigenvalue weighted by Crippen LogP contribution is 2.46. The average Bonchev–Trinajstić information content (AvgIpc) is 3.42.